The zero-order valence-corrected chi connectivity index (χ0v) is 44.7. The first-order chi connectivity index (χ1) is 40.7. The van der Waals surface area contributed by atoms with Gasteiger partial charge in [0.1, 0.15) is 0 Å². The molecule has 2 aliphatic rings. The van der Waals surface area contributed by atoms with Crippen molar-refractivity contribution in [3.8, 4) is 22.3 Å². The minimum Gasteiger partial charge on any atom is -0.306 e. The minimum atomic E-state index is 1.09. The zero-order chi connectivity index (χ0) is 53.8. The van der Waals surface area contributed by atoms with Gasteiger partial charge < -0.3 is 19.6 Å². The van der Waals surface area contributed by atoms with Crippen LogP contribution in [0.5, 0.6) is 0 Å². The maximum absolute atomic E-state index is 2.48. The second kappa shape index (κ2) is 18.3. The highest BCUT2D eigenvalue weighted by molar-refractivity contribution is 6.24. The van der Waals surface area contributed by atoms with Gasteiger partial charge in [0, 0.05) is 22.1 Å². The van der Waals surface area contributed by atoms with E-state index < -0.39 is 0 Å². The summed E-state index contributed by atoms with van der Waals surface area (Å²) in [6.45, 7) is 0. The van der Waals surface area contributed by atoms with Crippen LogP contribution in [0.3, 0.4) is 0 Å². The van der Waals surface area contributed by atoms with E-state index in [0.717, 1.165) is 68.2 Å². The van der Waals surface area contributed by atoms with Crippen LogP contribution in [0.15, 0.2) is 303 Å². The van der Waals surface area contributed by atoms with Crippen molar-refractivity contribution in [2.24, 2.45) is 0 Å². The summed E-state index contributed by atoms with van der Waals surface area (Å²) in [5, 5.41) is 14.4. The van der Waals surface area contributed by atoms with Crippen molar-refractivity contribution in [3.05, 3.63) is 303 Å². The molecule has 0 radical (unpaired) electrons. The van der Waals surface area contributed by atoms with Gasteiger partial charge in [-0.2, -0.15) is 0 Å². The molecule has 0 bridgehead atoms. The molecular formula is C78H50N4. The van der Waals surface area contributed by atoms with Gasteiger partial charge in [0.05, 0.1) is 56.9 Å². The number of anilines is 12. The van der Waals surface area contributed by atoms with Crippen LogP contribution in [0.25, 0.3) is 86.9 Å². The number of benzene rings is 15. The van der Waals surface area contributed by atoms with Crippen molar-refractivity contribution < 1.29 is 0 Å². The molecule has 17 rings (SSSR count). The van der Waals surface area contributed by atoms with Gasteiger partial charge in [-0.1, -0.05) is 206 Å². The first-order valence-electron chi connectivity index (χ1n) is 28.2. The summed E-state index contributed by atoms with van der Waals surface area (Å²) in [6.07, 6.45) is 0. The molecular weight excluding hydrogens is 993 g/mol. The van der Waals surface area contributed by atoms with E-state index in [9.17, 15) is 0 Å². The number of rotatable bonds is 6. The standard InChI is InChI=1S/C78H50N4/c1-3-23-55-47-57(41-39-51(55)19-1)77-63-45-43-60(80-71-31-11-15-35-75(71)82(76-36-16-12-32-72(76)80)68-38-18-26-54-22-6-8-28-62(54)68)50-66(63)78(58-42-40-52-20-2-4-24-56(52)48-58)64-46-44-59(49-65(64)77)79-69-29-9-13-33-73(69)81(74-34-14-10-30-70(74)79)67-37-17-25-53-21-5-7-27-61(53)67/h1-50H. The Balaban J connectivity index is 0.934. The maximum atomic E-state index is 2.48. The second-order valence-electron chi connectivity index (χ2n) is 21.6. The first kappa shape index (κ1) is 46.0. The van der Waals surface area contributed by atoms with Gasteiger partial charge in [-0.15, -0.1) is 0 Å². The molecule has 382 valence electrons. The van der Waals surface area contributed by atoms with Crippen molar-refractivity contribution in [2.75, 3.05) is 19.6 Å². The van der Waals surface area contributed by atoms with Gasteiger partial charge in [-0.05, 0) is 173 Å². The fourth-order valence-electron chi connectivity index (χ4n) is 13.6. The highest BCUT2D eigenvalue weighted by atomic mass is 15.3. The quantitative estimate of drug-likeness (QED) is 0.154. The van der Waals surface area contributed by atoms with Crippen LogP contribution in [-0.4, -0.2) is 0 Å². The number of nitrogens with zero attached hydrogens (tertiary/aromatic N) is 4. The molecule has 15 aromatic carbocycles. The van der Waals surface area contributed by atoms with Crippen LogP contribution in [0.1, 0.15) is 0 Å². The Morgan fingerprint density at radius 3 is 0.829 bits per heavy atom. The molecule has 0 N–H and O–H groups in total. The number of hydrogen-bond donors (Lipinski definition) is 0. The molecule has 2 aliphatic heterocycles. The lowest BCUT2D eigenvalue weighted by molar-refractivity contribution is 1.18. The molecule has 0 saturated carbocycles. The van der Waals surface area contributed by atoms with E-state index in [0.29, 0.717) is 0 Å². The lowest BCUT2D eigenvalue weighted by atomic mass is 9.84. The van der Waals surface area contributed by atoms with E-state index in [4.69, 9.17) is 0 Å². The summed E-state index contributed by atoms with van der Waals surface area (Å²) < 4.78 is 0. The Bertz CT molecular complexity index is 4690. The number of fused-ring (bicyclic) bond motifs is 10. The second-order valence-corrected chi connectivity index (χ2v) is 21.6. The summed E-state index contributed by atoms with van der Waals surface area (Å²) in [6, 6.07) is 112. The van der Waals surface area contributed by atoms with Crippen molar-refractivity contribution in [3.63, 3.8) is 0 Å². The summed E-state index contributed by atoms with van der Waals surface area (Å²) in [5.74, 6) is 0. The lowest BCUT2D eigenvalue weighted by Crippen LogP contribution is -2.24. The third-order valence-electron chi connectivity index (χ3n) is 17.1. The summed E-state index contributed by atoms with van der Waals surface area (Å²) in [7, 11) is 0. The van der Waals surface area contributed by atoms with Crippen molar-refractivity contribution in [1.29, 1.82) is 0 Å². The Hall–Kier alpha value is -10.9. The lowest BCUT2D eigenvalue weighted by Gasteiger charge is -2.41. The number of hydrogen-bond acceptors (Lipinski definition) is 4. The molecule has 0 amide bonds. The van der Waals surface area contributed by atoms with Crippen molar-refractivity contribution in [1.82, 2.24) is 0 Å². The number of para-hydroxylation sites is 8. The van der Waals surface area contributed by atoms with Gasteiger partial charge in [0.2, 0.25) is 0 Å². The van der Waals surface area contributed by atoms with Gasteiger partial charge in [0.15, 0.2) is 0 Å². The van der Waals surface area contributed by atoms with E-state index in [1.807, 2.05) is 0 Å². The van der Waals surface area contributed by atoms with Crippen molar-refractivity contribution in [2.45, 2.75) is 0 Å². The van der Waals surface area contributed by atoms with Crippen molar-refractivity contribution >= 4 is 133 Å². The monoisotopic (exact) mass is 1040 g/mol. The van der Waals surface area contributed by atoms with Crippen LogP contribution in [0.2, 0.25) is 0 Å². The topological polar surface area (TPSA) is 13.0 Å². The van der Waals surface area contributed by atoms with Crippen LogP contribution >= 0.6 is 0 Å². The van der Waals surface area contributed by atoms with Gasteiger partial charge in [0.25, 0.3) is 0 Å². The van der Waals surface area contributed by atoms with Gasteiger partial charge in [-0.3, -0.25) is 0 Å². The maximum Gasteiger partial charge on any atom is 0.0703 e. The average molecular weight is 1040 g/mol. The van der Waals surface area contributed by atoms with Crippen LogP contribution in [0, 0.1) is 0 Å². The Kier molecular flexibility index (Phi) is 10.3. The molecule has 0 unspecified atom stereocenters. The Morgan fingerprint density at radius 1 is 0.159 bits per heavy atom. The zero-order valence-electron chi connectivity index (χ0n) is 44.7. The van der Waals surface area contributed by atoms with Crippen LogP contribution < -0.4 is 19.6 Å². The third-order valence-corrected chi connectivity index (χ3v) is 17.1. The summed E-state index contributed by atoms with van der Waals surface area (Å²) >= 11 is 0. The largest absolute Gasteiger partial charge is 0.306 e. The van der Waals surface area contributed by atoms with E-state index in [1.165, 1.54) is 86.9 Å². The SMILES string of the molecule is c1ccc2c(c1)N(c1ccc3c(-c4ccc5ccccc5c4)c4cc(N5c6ccccc6N(c6cccc7ccccc67)c6ccccc65)ccc4c(-c4ccc5ccccc5c4)c3c1)c1ccccc1N2c1cccc2ccccc12. The third kappa shape index (κ3) is 7.05. The fourth-order valence-corrected chi connectivity index (χ4v) is 13.6. The predicted molar refractivity (Wildman–Crippen MR) is 348 cm³/mol. The molecule has 82 heavy (non-hydrogen) atoms. The van der Waals surface area contributed by atoms with Gasteiger partial charge in [-0.25, -0.2) is 0 Å². The molecule has 0 aromatic heterocycles. The molecule has 4 heteroatoms. The van der Waals surface area contributed by atoms with E-state index in [-0.39, 0.29) is 0 Å². The average Bonchev–Trinajstić information content (AvgIpc) is 2.64. The van der Waals surface area contributed by atoms with E-state index >= 15 is 0 Å². The van der Waals surface area contributed by atoms with Crippen LogP contribution in [0.4, 0.5) is 68.2 Å². The fraction of sp³-hybridized carbons (Fsp3) is 0. The molecule has 4 nitrogen and oxygen atoms in total. The normalized spacial score (nSPS) is 12.8. The summed E-state index contributed by atoms with van der Waals surface area (Å²) in [4.78, 5) is 9.86. The molecule has 15 aromatic rings. The molecule has 0 spiro atoms. The molecule has 0 atom stereocenters. The predicted octanol–water partition coefficient (Wildman–Crippen LogP) is 22.4. The Labute approximate surface area is 475 Å². The molecule has 0 fully saturated rings. The molecule has 2 heterocycles. The van der Waals surface area contributed by atoms with Crippen LogP contribution in [-0.2, 0) is 0 Å². The Morgan fingerprint density at radius 2 is 0.451 bits per heavy atom. The van der Waals surface area contributed by atoms with Gasteiger partial charge >= 0.3 is 0 Å². The highest BCUT2D eigenvalue weighted by Gasteiger charge is 2.34. The molecule has 0 aliphatic carbocycles. The first-order valence-corrected chi connectivity index (χ1v) is 28.2. The highest BCUT2D eigenvalue weighted by Crippen LogP contribution is 2.58. The minimum absolute atomic E-state index is 1.09. The van der Waals surface area contributed by atoms with E-state index in [1.54, 1.807) is 0 Å². The van der Waals surface area contributed by atoms with E-state index in [2.05, 4.69) is 323 Å². The smallest absolute Gasteiger partial charge is 0.0703 e. The summed E-state index contributed by atoms with van der Waals surface area (Å²) in [5.41, 5.74) is 18.2. The molecule has 0 saturated heterocycles.